The summed E-state index contributed by atoms with van der Waals surface area (Å²) < 4.78 is 0. The van der Waals surface area contributed by atoms with E-state index in [1.165, 1.54) is 0 Å². The molecule has 0 aliphatic carbocycles. The molecule has 0 saturated carbocycles. The van der Waals surface area contributed by atoms with E-state index in [0.717, 1.165) is 0 Å². The predicted molar refractivity (Wildman–Crippen MR) is 73.3 cm³/mol. The van der Waals surface area contributed by atoms with E-state index in [0.29, 0.717) is 19.4 Å². The van der Waals surface area contributed by atoms with Gasteiger partial charge in [-0.05, 0) is 26.7 Å². The Balaban J connectivity index is -0.000000845. The van der Waals surface area contributed by atoms with Gasteiger partial charge in [0.25, 0.3) is 0 Å². The van der Waals surface area contributed by atoms with Crippen LogP contribution in [0.15, 0.2) is 0 Å². The first-order valence-electron chi connectivity index (χ1n) is 5.11. The van der Waals surface area contributed by atoms with Gasteiger partial charge in [-0.1, -0.05) is 13.8 Å². The van der Waals surface area contributed by atoms with Crippen molar-refractivity contribution in [1.29, 1.82) is 0 Å². The van der Waals surface area contributed by atoms with Crippen molar-refractivity contribution in [3.63, 3.8) is 0 Å². The van der Waals surface area contributed by atoms with Crippen molar-refractivity contribution < 1.29 is 4.79 Å². The highest BCUT2D eigenvalue weighted by Crippen LogP contribution is 2.11. The second kappa shape index (κ2) is 8.12. The topological polar surface area (TPSA) is 81.1 Å². The van der Waals surface area contributed by atoms with Crippen LogP contribution in [0.5, 0.6) is 0 Å². The Bertz CT molecular complexity index is 201. The lowest BCUT2D eigenvalue weighted by atomic mass is 9.93. The number of halogens is 2. The highest BCUT2D eigenvalue weighted by Gasteiger charge is 2.30. The zero-order valence-corrected chi connectivity index (χ0v) is 12.1. The minimum absolute atomic E-state index is 0. The summed E-state index contributed by atoms with van der Waals surface area (Å²) in [6.45, 7) is 8.00. The fourth-order valence-electron chi connectivity index (χ4n) is 1.06. The van der Waals surface area contributed by atoms with Crippen LogP contribution < -0.4 is 16.8 Å². The lowest BCUT2D eigenvalue weighted by Crippen LogP contribution is -2.56. The quantitative estimate of drug-likeness (QED) is 0.704. The Labute approximate surface area is 111 Å². The molecule has 0 aromatic rings. The Morgan fingerprint density at radius 2 is 1.50 bits per heavy atom. The van der Waals surface area contributed by atoms with Gasteiger partial charge in [-0.2, -0.15) is 0 Å². The third-order valence-corrected chi connectivity index (χ3v) is 2.42. The number of hydrogen-bond donors (Lipinski definition) is 3. The molecule has 4 nitrogen and oxygen atoms in total. The third kappa shape index (κ3) is 7.28. The lowest BCUT2D eigenvalue weighted by Gasteiger charge is -2.27. The summed E-state index contributed by atoms with van der Waals surface area (Å²) in [5.74, 6) is -0.110. The highest BCUT2D eigenvalue weighted by atomic mass is 35.5. The number of amides is 1. The van der Waals surface area contributed by atoms with Gasteiger partial charge in [-0.25, -0.2) is 0 Å². The molecule has 0 unspecified atom stereocenters. The van der Waals surface area contributed by atoms with Gasteiger partial charge in [0, 0.05) is 12.1 Å². The molecule has 1 amide bonds. The summed E-state index contributed by atoms with van der Waals surface area (Å²) in [5, 5.41) is 2.78. The van der Waals surface area contributed by atoms with E-state index in [9.17, 15) is 4.79 Å². The average molecular weight is 274 g/mol. The van der Waals surface area contributed by atoms with E-state index in [-0.39, 0.29) is 30.7 Å². The van der Waals surface area contributed by atoms with E-state index in [1.807, 2.05) is 27.7 Å². The average Bonchev–Trinajstić information content (AvgIpc) is 2.11. The largest absolute Gasteiger partial charge is 0.353 e. The van der Waals surface area contributed by atoms with E-state index in [1.54, 1.807) is 0 Å². The zero-order valence-electron chi connectivity index (χ0n) is 10.5. The first kappa shape index (κ1) is 21.3. The molecule has 5 N–H and O–H groups in total. The summed E-state index contributed by atoms with van der Waals surface area (Å²) in [7, 11) is 0. The second-order valence-electron chi connectivity index (χ2n) is 4.53. The van der Waals surface area contributed by atoms with Crippen molar-refractivity contribution in [2.75, 3.05) is 6.54 Å². The molecule has 0 aliphatic heterocycles. The molecule has 0 rings (SSSR count). The Morgan fingerprint density at radius 1 is 1.12 bits per heavy atom. The lowest BCUT2D eigenvalue weighted by molar-refractivity contribution is -0.126. The molecule has 0 spiro atoms. The number of hydrogen-bond acceptors (Lipinski definition) is 3. The normalized spacial score (nSPS) is 11.1. The standard InChI is InChI=1S/C10H23N3O.2ClH/c1-5-10(12,6-2)8(14)13-7-9(3,4)11;;/h5-7,11-12H2,1-4H3,(H,13,14);2*1H. The molecule has 0 aliphatic rings. The third-order valence-electron chi connectivity index (χ3n) is 2.42. The van der Waals surface area contributed by atoms with Gasteiger partial charge in [0.05, 0.1) is 5.54 Å². The first-order chi connectivity index (χ1) is 6.25. The molecule has 0 atom stereocenters. The Kier molecular flexibility index (Phi) is 10.8. The number of nitrogens with two attached hydrogens (primary N) is 2. The Morgan fingerprint density at radius 3 is 1.75 bits per heavy atom. The molecule has 0 bridgehead atoms. The SMILES string of the molecule is CCC(N)(CC)C(=O)NCC(C)(C)N.Cl.Cl. The number of nitrogens with one attached hydrogen (secondary N) is 1. The van der Waals surface area contributed by atoms with Crippen molar-refractivity contribution in [2.45, 2.75) is 51.6 Å². The molecule has 0 aromatic heterocycles. The van der Waals surface area contributed by atoms with E-state index < -0.39 is 11.1 Å². The summed E-state index contributed by atoms with van der Waals surface area (Å²) in [4.78, 5) is 11.7. The van der Waals surface area contributed by atoms with Gasteiger partial charge >= 0.3 is 0 Å². The van der Waals surface area contributed by atoms with Crippen LogP contribution in [0, 0.1) is 0 Å². The molecule has 0 aromatic carbocycles. The van der Waals surface area contributed by atoms with E-state index in [2.05, 4.69) is 5.32 Å². The summed E-state index contributed by atoms with van der Waals surface area (Å²) in [6, 6.07) is 0. The summed E-state index contributed by atoms with van der Waals surface area (Å²) >= 11 is 0. The monoisotopic (exact) mass is 273 g/mol. The van der Waals surface area contributed by atoms with Gasteiger partial charge in [-0.3, -0.25) is 4.79 Å². The highest BCUT2D eigenvalue weighted by molar-refractivity contribution is 5.86. The fourth-order valence-corrected chi connectivity index (χ4v) is 1.06. The van der Waals surface area contributed by atoms with Gasteiger partial charge in [0.15, 0.2) is 0 Å². The molecule has 6 heteroatoms. The van der Waals surface area contributed by atoms with Crippen molar-refractivity contribution in [1.82, 2.24) is 5.32 Å². The molecule has 0 radical (unpaired) electrons. The van der Waals surface area contributed by atoms with Crippen molar-refractivity contribution in [3.05, 3.63) is 0 Å². The maximum absolute atomic E-state index is 11.7. The number of carbonyl (C=O) groups excluding carboxylic acids is 1. The van der Waals surface area contributed by atoms with Crippen molar-refractivity contribution in [3.8, 4) is 0 Å². The van der Waals surface area contributed by atoms with Gasteiger partial charge in [0.1, 0.15) is 0 Å². The summed E-state index contributed by atoms with van der Waals surface area (Å²) in [6.07, 6.45) is 1.28. The molecule has 16 heavy (non-hydrogen) atoms. The second-order valence-corrected chi connectivity index (χ2v) is 4.53. The zero-order chi connectivity index (χ0) is 11.4. The molecular formula is C10H25Cl2N3O. The first-order valence-corrected chi connectivity index (χ1v) is 5.11. The van der Waals surface area contributed by atoms with Crippen molar-refractivity contribution >= 4 is 30.7 Å². The maximum atomic E-state index is 11.7. The van der Waals surface area contributed by atoms with Gasteiger partial charge < -0.3 is 16.8 Å². The minimum Gasteiger partial charge on any atom is -0.353 e. The van der Waals surface area contributed by atoms with Crippen LogP contribution in [0.25, 0.3) is 0 Å². The fraction of sp³-hybridized carbons (Fsp3) is 0.900. The van der Waals surface area contributed by atoms with Crippen LogP contribution in [0.3, 0.4) is 0 Å². The summed E-state index contributed by atoms with van der Waals surface area (Å²) in [5.41, 5.74) is 10.5. The smallest absolute Gasteiger partial charge is 0.240 e. The maximum Gasteiger partial charge on any atom is 0.240 e. The van der Waals surface area contributed by atoms with Crippen molar-refractivity contribution in [2.24, 2.45) is 11.5 Å². The molecule has 0 saturated heterocycles. The van der Waals surface area contributed by atoms with Crippen LogP contribution in [-0.2, 0) is 4.79 Å². The van der Waals surface area contributed by atoms with E-state index >= 15 is 0 Å². The van der Waals surface area contributed by atoms with Gasteiger partial charge in [0.2, 0.25) is 5.91 Å². The predicted octanol–water partition coefficient (Wildman–Crippen LogP) is 1.20. The van der Waals surface area contributed by atoms with Crippen LogP contribution in [0.2, 0.25) is 0 Å². The number of carbonyl (C=O) groups is 1. The molecule has 0 heterocycles. The van der Waals surface area contributed by atoms with Crippen LogP contribution in [-0.4, -0.2) is 23.5 Å². The van der Waals surface area contributed by atoms with Gasteiger partial charge in [-0.15, -0.1) is 24.8 Å². The van der Waals surface area contributed by atoms with Crippen LogP contribution in [0.1, 0.15) is 40.5 Å². The minimum atomic E-state index is -0.745. The molecule has 0 fully saturated rings. The molecule has 100 valence electrons. The Hall–Kier alpha value is -0.0300. The van der Waals surface area contributed by atoms with Crippen LogP contribution in [0.4, 0.5) is 0 Å². The van der Waals surface area contributed by atoms with E-state index in [4.69, 9.17) is 11.5 Å². The number of rotatable bonds is 5. The molecular weight excluding hydrogens is 249 g/mol. The van der Waals surface area contributed by atoms with Crippen LogP contribution >= 0.6 is 24.8 Å².